The van der Waals surface area contributed by atoms with E-state index in [-0.39, 0.29) is 0 Å². The SMILES string of the molecule is Cc1c(C(=O)O)sc2cc(CCc3ncc[nH]3)ccc12. The van der Waals surface area contributed by atoms with Crippen LogP contribution in [-0.4, -0.2) is 21.0 Å². The summed E-state index contributed by atoms with van der Waals surface area (Å²) in [5, 5.41) is 10.2. The molecule has 3 aromatic rings. The van der Waals surface area contributed by atoms with Crippen LogP contribution in [0.5, 0.6) is 0 Å². The first-order chi connectivity index (χ1) is 9.65. The summed E-state index contributed by atoms with van der Waals surface area (Å²) in [6.07, 6.45) is 5.32. The van der Waals surface area contributed by atoms with Crippen LogP contribution in [0, 0.1) is 6.92 Å². The molecule has 0 spiro atoms. The number of carbonyl (C=O) groups is 1. The number of aryl methyl sites for hydroxylation is 3. The minimum Gasteiger partial charge on any atom is -0.477 e. The van der Waals surface area contributed by atoms with Crippen LogP contribution in [0.3, 0.4) is 0 Å². The van der Waals surface area contributed by atoms with E-state index in [0.29, 0.717) is 4.88 Å². The molecule has 3 rings (SSSR count). The average Bonchev–Trinajstić information content (AvgIpc) is 3.04. The average molecular weight is 286 g/mol. The normalized spacial score (nSPS) is 11.1. The van der Waals surface area contributed by atoms with Gasteiger partial charge in [0.1, 0.15) is 10.7 Å². The van der Waals surface area contributed by atoms with Gasteiger partial charge in [-0.1, -0.05) is 12.1 Å². The lowest BCUT2D eigenvalue weighted by molar-refractivity contribution is 0.0701. The van der Waals surface area contributed by atoms with Crippen LogP contribution in [0.15, 0.2) is 30.6 Å². The highest BCUT2D eigenvalue weighted by molar-refractivity contribution is 7.21. The molecule has 1 aromatic carbocycles. The highest BCUT2D eigenvalue weighted by atomic mass is 32.1. The Labute approximate surface area is 120 Å². The maximum atomic E-state index is 11.2. The van der Waals surface area contributed by atoms with Crippen molar-refractivity contribution >= 4 is 27.4 Å². The summed E-state index contributed by atoms with van der Waals surface area (Å²) in [5.74, 6) is 0.125. The quantitative estimate of drug-likeness (QED) is 0.772. The number of nitrogens with one attached hydrogen (secondary N) is 1. The molecule has 2 heterocycles. The summed E-state index contributed by atoms with van der Waals surface area (Å²) in [5.41, 5.74) is 2.06. The van der Waals surface area contributed by atoms with E-state index in [1.165, 1.54) is 16.9 Å². The van der Waals surface area contributed by atoms with Crippen LogP contribution in [0.4, 0.5) is 0 Å². The number of fused-ring (bicyclic) bond motifs is 1. The van der Waals surface area contributed by atoms with E-state index >= 15 is 0 Å². The van der Waals surface area contributed by atoms with Gasteiger partial charge < -0.3 is 10.1 Å². The number of imidazole rings is 1. The van der Waals surface area contributed by atoms with Crippen molar-refractivity contribution in [2.75, 3.05) is 0 Å². The fourth-order valence-electron chi connectivity index (χ4n) is 2.33. The van der Waals surface area contributed by atoms with Crippen molar-refractivity contribution in [3.05, 3.63) is 52.4 Å². The van der Waals surface area contributed by atoms with Gasteiger partial charge in [0.2, 0.25) is 0 Å². The van der Waals surface area contributed by atoms with Crippen LogP contribution in [0.1, 0.15) is 26.6 Å². The highest BCUT2D eigenvalue weighted by Gasteiger charge is 2.14. The molecule has 0 bridgehead atoms. The van der Waals surface area contributed by atoms with Gasteiger partial charge >= 0.3 is 5.97 Å². The van der Waals surface area contributed by atoms with E-state index in [9.17, 15) is 4.79 Å². The van der Waals surface area contributed by atoms with Gasteiger partial charge in [-0.15, -0.1) is 11.3 Å². The van der Waals surface area contributed by atoms with Crippen molar-refractivity contribution in [2.45, 2.75) is 19.8 Å². The van der Waals surface area contributed by atoms with Crippen LogP contribution < -0.4 is 0 Å². The van der Waals surface area contributed by atoms with E-state index < -0.39 is 5.97 Å². The number of H-pyrrole nitrogens is 1. The number of hydrogen-bond donors (Lipinski definition) is 2. The molecule has 0 aliphatic heterocycles. The van der Waals surface area contributed by atoms with Crippen molar-refractivity contribution in [3.8, 4) is 0 Å². The summed E-state index contributed by atoms with van der Waals surface area (Å²) in [6, 6.07) is 6.17. The number of hydrogen-bond acceptors (Lipinski definition) is 3. The number of nitrogens with zero attached hydrogens (tertiary/aromatic N) is 1. The Morgan fingerprint density at radius 3 is 2.95 bits per heavy atom. The van der Waals surface area contributed by atoms with Crippen LogP contribution in [0.25, 0.3) is 10.1 Å². The minimum absolute atomic E-state index is 0.434. The molecule has 0 fully saturated rings. The number of aromatic nitrogens is 2. The Morgan fingerprint density at radius 1 is 1.40 bits per heavy atom. The van der Waals surface area contributed by atoms with Gasteiger partial charge in [-0.05, 0) is 35.9 Å². The molecule has 2 N–H and O–H groups in total. The first kappa shape index (κ1) is 12.9. The maximum Gasteiger partial charge on any atom is 0.346 e. The van der Waals surface area contributed by atoms with E-state index in [2.05, 4.69) is 22.1 Å². The van der Waals surface area contributed by atoms with E-state index in [1.807, 2.05) is 19.2 Å². The van der Waals surface area contributed by atoms with Gasteiger partial charge in [-0.2, -0.15) is 0 Å². The van der Waals surface area contributed by atoms with Gasteiger partial charge in [0.05, 0.1) is 0 Å². The second kappa shape index (κ2) is 5.09. The summed E-state index contributed by atoms with van der Waals surface area (Å²) in [4.78, 5) is 18.9. The molecule has 4 nitrogen and oxygen atoms in total. The molecular weight excluding hydrogens is 272 g/mol. The summed E-state index contributed by atoms with van der Waals surface area (Å²) < 4.78 is 1.04. The minimum atomic E-state index is -0.846. The van der Waals surface area contributed by atoms with E-state index in [4.69, 9.17) is 5.11 Å². The molecule has 0 saturated carbocycles. The molecule has 0 radical (unpaired) electrons. The molecule has 0 amide bonds. The molecule has 0 saturated heterocycles. The van der Waals surface area contributed by atoms with Gasteiger partial charge in [0, 0.05) is 23.5 Å². The fourth-order valence-corrected chi connectivity index (χ4v) is 3.44. The second-order valence-electron chi connectivity index (χ2n) is 4.73. The lowest BCUT2D eigenvalue weighted by atomic mass is 10.1. The lowest BCUT2D eigenvalue weighted by Gasteiger charge is -2.00. The number of carboxylic acid groups (broad SMARTS) is 1. The summed E-state index contributed by atoms with van der Waals surface area (Å²) >= 11 is 1.35. The first-order valence-corrected chi connectivity index (χ1v) is 7.20. The molecule has 2 aromatic heterocycles. The Morgan fingerprint density at radius 2 is 2.25 bits per heavy atom. The number of rotatable bonds is 4. The monoisotopic (exact) mass is 286 g/mol. The third-order valence-corrected chi connectivity index (χ3v) is 4.64. The predicted molar refractivity (Wildman–Crippen MR) is 79.5 cm³/mol. The van der Waals surface area contributed by atoms with Crippen molar-refractivity contribution in [1.29, 1.82) is 0 Å². The number of thiophene rings is 1. The lowest BCUT2D eigenvalue weighted by Crippen LogP contribution is -1.93. The summed E-state index contributed by atoms with van der Waals surface area (Å²) in [6.45, 7) is 1.87. The smallest absolute Gasteiger partial charge is 0.346 e. The van der Waals surface area contributed by atoms with Crippen molar-refractivity contribution < 1.29 is 9.90 Å². The van der Waals surface area contributed by atoms with Gasteiger partial charge in [0.15, 0.2) is 0 Å². The van der Waals surface area contributed by atoms with Crippen molar-refractivity contribution in [3.63, 3.8) is 0 Å². The Bertz CT molecular complexity index is 760. The van der Waals surface area contributed by atoms with Gasteiger partial charge in [-0.25, -0.2) is 9.78 Å². The fraction of sp³-hybridized carbons (Fsp3) is 0.200. The summed E-state index contributed by atoms with van der Waals surface area (Å²) in [7, 11) is 0. The van der Waals surface area contributed by atoms with Gasteiger partial charge in [-0.3, -0.25) is 0 Å². The number of carboxylic acids is 1. The largest absolute Gasteiger partial charge is 0.477 e. The van der Waals surface area contributed by atoms with E-state index in [0.717, 1.165) is 34.3 Å². The second-order valence-corrected chi connectivity index (χ2v) is 5.78. The number of benzene rings is 1. The number of aromatic carboxylic acids is 1. The standard InChI is InChI=1S/C15H14N2O2S/c1-9-11-4-2-10(3-5-13-16-6-7-17-13)8-12(11)20-14(9)15(18)19/h2,4,6-8H,3,5H2,1H3,(H,16,17)(H,18,19). The van der Waals surface area contributed by atoms with Gasteiger partial charge in [0.25, 0.3) is 0 Å². The molecule has 102 valence electrons. The molecule has 20 heavy (non-hydrogen) atoms. The molecule has 0 atom stereocenters. The highest BCUT2D eigenvalue weighted by Crippen LogP contribution is 2.31. The zero-order valence-corrected chi connectivity index (χ0v) is 11.8. The van der Waals surface area contributed by atoms with Crippen LogP contribution in [0.2, 0.25) is 0 Å². The Kier molecular flexibility index (Phi) is 3.28. The Balaban J connectivity index is 1.88. The zero-order chi connectivity index (χ0) is 14.1. The maximum absolute atomic E-state index is 11.2. The first-order valence-electron chi connectivity index (χ1n) is 6.38. The predicted octanol–water partition coefficient (Wildman–Crippen LogP) is 3.42. The molecule has 5 heteroatoms. The number of aromatic amines is 1. The zero-order valence-electron chi connectivity index (χ0n) is 11.0. The molecular formula is C15H14N2O2S. The van der Waals surface area contributed by atoms with Crippen molar-refractivity contribution in [1.82, 2.24) is 9.97 Å². The topological polar surface area (TPSA) is 66.0 Å². The van der Waals surface area contributed by atoms with Crippen LogP contribution in [-0.2, 0) is 12.8 Å². The molecule has 0 unspecified atom stereocenters. The van der Waals surface area contributed by atoms with Crippen LogP contribution >= 0.6 is 11.3 Å². The third-order valence-electron chi connectivity index (χ3n) is 3.40. The third kappa shape index (κ3) is 2.32. The van der Waals surface area contributed by atoms with Crippen molar-refractivity contribution in [2.24, 2.45) is 0 Å². The Hall–Kier alpha value is -2.14. The van der Waals surface area contributed by atoms with E-state index in [1.54, 1.807) is 6.20 Å². The molecule has 0 aliphatic carbocycles. The molecule has 0 aliphatic rings.